The smallest absolute Gasteiger partial charge is 0.0605 e. The highest BCUT2D eigenvalue weighted by atomic mass is 16.3. The molecule has 0 aliphatic carbocycles. The van der Waals surface area contributed by atoms with Gasteiger partial charge in [-0.15, -0.1) is 0 Å². The minimum absolute atomic E-state index is 0.370. The number of rotatable bonds is 5. The highest BCUT2D eigenvalue weighted by molar-refractivity contribution is 5.08. The lowest BCUT2D eigenvalue weighted by molar-refractivity contribution is -0.00500. The summed E-state index contributed by atoms with van der Waals surface area (Å²) in [5.41, 5.74) is 0. The van der Waals surface area contributed by atoms with Crippen LogP contribution in [0.3, 0.4) is 0 Å². The van der Waals surface area contributed by atoms with E-state index in [4.69, 9.17) is 0 Å². The van der Waals surface area contributed by atoms with Gasteiger partial charge in [0.25, 0.3) is 0 Å². The van der Waals surface area contributed by atoms with Crippen LogP contribution in [-0.2, 0) is 0 Å². The van der Waals surface area contributed by atoms with E-state index in [2.05, 4.69) is 0 Å². The summed E-state index contributed by atoms with van der Waals surface area (Å²) in [5, 5.41) is 37.8. The van der Waals surface area contributed by atoms with Crippen LogP contribution < -0.4 is 0 Å². The van der Waals surface area contributed by atoms with Gasteiger partial charge < -0.3 is 20.4 Å². The second-order valence-corrected chi connectivity index (χ2v) is 3.86. The van der Waals surface area contributed by atoms with Crippen molar-refractivity contribution in [1.29, 1.82) is 0 Å². The minimum Gasteiger partial charge on any atom is -0.393 e. The van der Waals surface area contributed by atoms with Crippen molar-refractivity contribution in [3.63, 3.8) is 0 Å². The Morgan fingerprint density at radius 1 is 0.714 bits per heavy atom. The zero-order valence-corrected chi connectivity index (χ0v) is 9.18. The molecule has 0 aliphatic heterocycles. The first-order valence-corrected chi connectivity index (χ1v) is 4.87. The van der Waals surface area contributed by atoms with Crippen molar-refractivity contribution in [3.8, 4) is 0 Å². The van der Waals surface area contributed by atoms with E-state index in [1.807, 2.05) is 0 Å². The van der Waals surface area contributed by atoms with E-state index in [9.17, 15) is 20.4 Å². The molecule has 0 aliphatic rings. The zero-order chi connectivity index (χ0) is 11.5. The highest BCUT2D eigenvalue weighted by Crippen LogP contribution is 2.28. The van der Waals surface area contributed by atoms with Gasteiger partial charge in [0.1, 0.15) is 0 Å². The van der Waals surface area contributed by atoms with Crippen molar-refractivity contribution < 1.29 is 20.4 Å². The lowest BCUT2D eigenvalue weighted by Gasteiger charge is -2.34. The van der Waals surface area contributed by atoms with E-state index in [0.29, 0.717) is 5.92 Å². The average Bonchev–Trinajstić information content (AvgIpc) is 1.96. The normalized spacial score (nSPS) is 22.9. The maximum absolute atomic E-state index is 9.45. The van der Waals surface area contributed by atoms with Crippen molar-refractivity contribution in [2.75, 3.05) is 0 Å². The van der Waals surface area contributed by atoms with Crippen molar-refractivity contribution in [2.24, 2.45) is 5.92 Å². The summed E-state index contributed by atoms with van der Waals surface area (Å²) in [6.07, 6.45) is -3.28. The van der Waals surface area contributed by atoms with Gasteiger partial charge in [-0.2, -0.15) is 0 Å². The fourth-order valence-corrected chi connectivity index (χ4v) is 1.87. The van der Waals surface area contributed by atoms with Gasteiger partial charge in [0.15, 0.2) is 0 Å². The van der Waals surface area contributed by atoms with Gasteiger partial charge in [-0.25, -0.2) is 0 Å². The topological polar surface area (TPSA) is 80.9 Å². The molecule has 0 amide bonds. The van der Waals surface area contributed by atoms with Crippen molar-refractivity contribution in [3.05, 3.63) is 5.92 Å². The number of aliphatic hydroxyl groups excluding tert-OH is 4. The van der Waals surface area contributed by atoms with Gasteiger partial charge in [0, 0.05) is 11.8 Å². The monoisotopic (exact) mass is 205 g/mol. The molecule has 0 aromatic heterocycles. The van der Waals surface area contributed by atoms with Crippen LogP contribution in [0.25, 0.3) is 0 Å². The van der Waals surface area contributed by atoms with Crippen LogP contribution in [-0.4, -0.2) is 44.8 Å². The average molecular weight is 205 g/mol. The molecule has 4 nitrogen and oxygen atoms in total. The molecule has 0 saturated carbocycles. The van der Waals surface area contributed by atoms with Crippen LogP contribution in [0.4, 0.5) is 0 Å². The summed E-state index contributed by atoms with van der Waals surface area (Å²) in [6, 6.07) is 0. The van der Waals surface area contributed by atoms with Crippen LogP contribution in [0.15, 0.2) is 0 Å². The van der Waals surface area contributed by atoms with Gasteiger partial charge in [-0.1, -0.05) is 0 Å². The summed E-state index contributed by atoms with van der Waals surface area (Å²) < 4.78 is 0. The third kappa shape index (κ3) is 3.53. The number of hydrogen-bond acceptors (Lipinski definition) is 4. The maximum atomic E-state index is 9.45. The Morgan fingerprint density at radius 2 is 1.00 bits per heavy atom. The Balaban J connectivity index is 4.74. The molecule has 0 bridgehead atoms. The maximum Gasteiger partial charge on any atom is 0.0605 e. The van der Waals surface area contributed by atoms with E-state index in [0.717, 1.165) is 0 Å². The molecule has 0 aromatic carbocycles. The van der Waals surface area contributed by atoms with Gasteiger partial charge in [-0.05, 0) is 27.7 Å². The van der Waals surface area contributed by atoms with E-state index in [1.54, 1.807) is 0 Å². The molecule has 85 valence electrons. The van der Waals surface area contributed by atoms with E-state index < -0.39 is 30.3 Å². The Labute approximate surface area is 85.2 Å². The molecule has 4 N–H and O–H groups in total. The van der Waals surface area contributed by atoms with Crippen LogP contribution in [0.5, 0.6) is 0 Å². The second kappa shape index (κ2) is 5.66. The van der Waals surface area contributed by atoms with Crippen LogP contribution in [0.1, 0.15) is 27.7 Å². The second-order valence-electron chi connectivity index (χ2n) is 3.86. The van der Waals surface area contributed by atoms with Gasteiger partial charge >= 0.3 is 0 Å². The molecule has 14 heavy (non-hydrogen) atoms. The molecule has 4 unspecified atom stereocenters. The summed E-state index contributed by atoms with van der Waals surface area (Å²) in [4.78, 5) is 0. The summed E-state index contributed by atoms with van der Waals surface area (Å²) in [5.74, 6) is -0.231. The first-order valence-electron chi connectivity index (χ1n) is 4.87. The Hall–Kier alpha value is -0.160. The molecular formula is C10H21O4. The lowest BCUT2D eigenvalue weighted by atomic mass is 9.78. The Morgan fingerprint density at radius 3 is 1.07 bits per heavy atom. The fourth-order valence-electron chi connectivity index (χ4n) is 1.87. The quantitative estimate of drug-likeness (QED) is 0.497. The molecule has 0 saturated heterocycles. The summed E-state index contributed by atoms with van der Waals surface area (Å²) in [6.45, 7) is 6.09. The molecule has 0 spiro atoms. The molecular weight excluding hydrogens is 184 g/mol. The van der Waals surface area contributed by atoms with E-state index >= 15 is 0 Å². The van der Waals surface area contributed by atoms with Crippen LogP contribution in [0.2, 0.25) is 0 Å². The van der Waals surface area contributed by atoms with Gasteiger partial charge in [0.2, 0.25) is 0 Å². The summed E-state index contributed by atoms with van der Waals surface area (Å²) >= 11 is 0. The molecule has 4 atom stereocenters. The third-order valence-corrected chi connectivity index (χ3v) is 2.39. The highest BCUT2D eigenvalue weighted by Gasteiger charge is 2.36. The molecule has 0 rings (SSSR count). The first kappa shape index (κ1) is 13.8. The van der Waals surface area contributed by atoms with Crippen molar-refractivity contribution in [1.82, 2.24) is 0 Å². The van der Waals surface area contributed by atoms with Crippen LogP contribution >= 0.6 is 0 Å². The van der Waals surface area contributed by atoms with Crippen molar-refractivity contribution >= 4 is 0 Å². The largest absolute Gasteiger partial charge is 0.393 e. The number of aliphatic hydroxyl groups is 4. The fraction of sp³-hybridized carbons (Fsp3) is 0.900. The standard InChI is InChI=1S/C10H21O4/c1-5(11)9(6(2)12)10(7(3)13)8(4)14/h5-9,11-14H,1-4H3. The molecule has 1 radical (unpaired) electrons. The predicted octanol–water partition coefficient (Wildman–Crippen LogP) is -0.300. The van der Waals surface area contributed by atoms with Gasteiger partial charge in [0.05, 0.1) is 24.4 Å². The Bertz CT molecular complexity index is 120. The SMILES string of the molecule is CC(O)[C](C(C)O)C(C(C)O)C(C)O. The molecule has 0 fully saturated rings. The lowest BCUT2D eigenvalue weighted by Crippen LogP contribution is -2.42. The Kier molecular flexibility index (Phi) is 5.59. The molecule has 0 aromatic rings. The van der Waals surface area contributed by atoms with Crippen LogP contribution in [0, 0.1) is 11.8 Å². The predicted molar refractivity (Wildman–Crippen MR) is 53.5 cm³/mol. The zero-order valence-electron chi connectivity index (χ0n) is 9.18. The van der Waals surface area contributed by atoms with E-state index in [-0.39, 0.29) is 0 Å². The van der Waals surface area contributed by atoms with Crippen molar-refractivity contribution in [2.45, 2.75) is 52.1 Å². The summed E-state index contributed by atoms with van der Waals surface area (Å²) in [7, 11) is 0. The molecule has 0 heterocycles. The van der Waals surface area contributed by atoms with Gasteiger partial charge in [-0.3, -0.25) is 0 Å². The number of hydrogen-bond donors (Lipinski definition) is 4. The minimum atomic E-state index is -0.843. The molecule has 4 heteroatoms. The van der Waals surface area contributed by atoms with E-state index in [1.165, 1.54) is 27.7 Å². The third-order valence-electron chi connectivity index (χ3n) is 2.39. The first-order chi connectivity index (χ1) is 6.29.